The Morgan fingerprint density at radius 1 is 1.50 bits per heavy atom. The lowest BCUT2D eigenvalue weighted by atomic mass is 10.3. The van der Waals surface area contributed by atoms with Crippen molar-refractivity contribution in [2.45, 2.75) is 6.54 Å². The summed E-state index contributed by atoms with van der Waals surface area (Å²) in [5.41, 5.74) is -2.76. The molecule has 2 rings (SSSR count). The lowest BCUT2D eigenvalue weighted by Gasteiger charge is -2.03. The van der Waals surface area contributed by atoms with E-state index in [1.165, 1.54) is 11.3 Å². The molecule has 0 radical (unpaired) electrons. The van der Waals surface area contributed by atoms with Gasteiger partial charge in [-0.15, -0.1) is 11.3 Å². The number of halogens is 1. The van der Waals surface area contributed by atoms with Crippen LogP contribution in [0.4, 0.5) is 5.69 Å². The molecule has 20 heavy (non-hydrogen) atoms. The SMILES string of the molecule is O=C(Cn1cc([N+](=O)[O-])c(=O)[nH]c1=O)c1sccc1Br. The molecular formula is C10H6BrN3O5S. The minimum atomic E-state index is -1.10. The molecule has 0 aliphatic heterocycles. The van der Waals surface area contributed by atoms with E-state index in [-0.39, 0.29) is 0 Å². The molecule has 0 aliphatic carbocycles. The number of nitrogens with one attached hydrogen (secondary N) is 1. The van der Waals surface area contributed by atoms with Gasteiger partial charge in [0.15, 0.2) is 5.78 Å². The third-order valence-corrected chi connectivity index (χ3v) is 4.25. The molecule has 8 nitrogen and oxygen atoms in total. The maximum absolute atomic E-state index is 12.0. The number of thiophene rings is 1. The van der Waals surface area contributed by atoms with Crippen molar-refractivity contribution in [2.75, 3.05) is 0 Å². The van der Waals surface area contributed by atoms with Crippen molar-refractivity contribution in [3.63, 3.8) is 0 Å². The summed E-state index contributed by atoms with van der Waals surface area (Å²) >= 11 is 4.36. The van der Waals surface area contributed by atoms with Crippen molar-refractivity contribution in [3.8, 4) is 0 Å². The predicted octanol–water partition coefficient (Wildman–Crippen LogP) is 1.15. The molecule has 0 fully saturated rings. The number of Topliss-reactive ketones (excluding diaryl/α,β-unsaturated/α-hetero) is 1. The van der Waals surface area contributed by atoms with E-state index in [1.807, 2.05) is 0 Å². The molecular weight excluding hydrogens is 354 g/mol. The van der Waals surface area contributed by atoms with E-state index >= 15 is 0 Å². The minimum absolute atomic E-state index is 0.393. The molecule has 0 amide bonds. The second kappa shape index (κ2) is 5.51. The first kappa shape index (κ1) is 14.3. The van der Waals surface area contributed by atoms with Gasteiger partial charge in [0.1, 0.15) is 0 Å². The molecule has 2 heterocycles. The minimum Gasteiger partial charge on any atom is -0.291 e. The number of carbonyl (C=O) groups excluding carboxylic acids is 1. The summed E-state index contributed by atoms with van der Waals surface area (Å²) in [6.45, 7) is -0.393. The predicted molar refractivity (Wildman–Crippen MR) is 74.3 cm³/mol. The van der Waals surface area contributed by atoms with Gasteiger partial charge < -0.3 is 0 Å². The van der Waals surface area contributed by atoms with E-state index in [0.29, 0.717) is 9.35 Å². The molecule has 0 saturated heterocycles. The quantitative estimate of drug-likeness (QED) is 0.499. The number of nitro groups is 1. The van der Waals surface area contributed by atoms with Crippen molar-refractivity contribution in [1.29, 1.82) is 0 Å². The van der Waals surface area contributed by atoms with Crippen LogP contribution in [-0.4, -0.2) is 20.3 Å². The van der Waals surface area contributed by atoms with E-state index in [4.69, 9.17) is 0 Å². The number of hydrogen-bond donors (Lipinski definition) is 1. The van der Waals surface area contributed by atoms with E-state index in [1.54, 1.807) is 16.4 Å². The molecule has 104 valence electrons. The standard InChI is InChI=1S/C10H6BrN3O5S/c11-5-1-2-20-8(5)7(15)4-13-3-6(14(18)19)9(16)12-10(13)17/h1-3H,4H2,(H,12,16,17). The topological polar surface area (TPSA) is 115 Å². The van der Waals surface area contributed by atoms with Crippen LogP contribution in [0.5, 0.6) is 0 Å². The molecule has 2 aromatic heterocycles. The van der Waals surface area contributed by atoms with Gasteiger partial charge in [0.25, 0.3) is 0 Å². The molecule has 0 aliphatic rings. The van der Waals surface area contributed by atoms with E-state index in [0.717, 1.165) is 10.8 Å². The average Bonchev–Trinajstić information content (AvgIpc) is 2.78. The largest absolute Gasteiger partial charge is 0.350 e. The summed E-state index contributed by atoms with van der Waals surface area (Å²) in [4.78, 5) is 46.6. The Labute approximate surface area is 123 Å². The van der Waals surface area contributed by atoms with E-state index in [9.17, 15) is 24.5 Å². The lowest BCUT2D eigenvalue weighted by molar-refractivity contribution is -0.386. The highest BCUT2D eigenvalue weighted by molar-refractivity contribution is 9.10. The van der Waals surface area contributed by atoms with Gasteiger partial charge in [0, 0.05) is 4.47 Å². The van der Waals surface area contributed by atoms with Gasteiger partial charge in [0.05, 0.1) is 22.5 Å². The fourth-order valence-corrected chi connectivity index (χ4v) is 2.99. The van der Waals surface area contributed by atoms with Gasteiger partial charge in [0.2, 0.25) is 0 Å². The number of aromatic nitrogens is 2. The molecule has 0 unspecified atom stereocenters. The van der Waals surface area contributed by atoms with E-state index in [2.05, 4.69) is 15.9 Å². The first-order valence-electron chi connectivity index (χ1n) is 5.14. The Kier molecular flexibility index (Phi) is 3.95. The Balaban J connectivity index is 2.40. The summed E-state index contributed by atoms with van der Waals surface area (Å²) in [5, 5.41) is 12.3. The van der Waals surface area contributed by atoms with Gasteiger partial charge in [-0.25, -0.2) is 4.79 Å². The van der Waals surface area contributed by atoms with Crippen LogP contribution in [0.15, 0.2) is 31.7 Å². The molecule has 1 N–H and O–H groups in total. The second-order valence-electron chi connectivity index (χ2n) is 3.68. The van der Waals surface area contributed by atoms with Crippen LogP contribution in [0.3, 0.4) is 0 Å². The fourth-order valence-electron chi connectivity index (χ4n) is 1.46. The van der Waals surface area contributed by atoms with E-state index < -0.39 is 34.2 Å². The Morgan fingerprint density at radius 3 is 2.75 bits per heavy atom. The van der Waals surface area contributed by atoms with Crippen LogP contribution in [0.25, 0.3) is 0 Å². The molecule has 0 atom stereocenters. The molecule has 0 bridgehead atoms. The highest BCUT2D eigenvalue weighted by atomic mass is 79.9. The molecule has 2 aromatic rings. The second-order valence-corrected chi connectivity index (χ2v) is 5.45. The van der Waals surface area contributed by atoms with Crippen LogP contribution in [0, 0.1) is 10.1 Å². The number of rotatable bonds is 4. The zero-order valence-corrected chi connectivity index (χ0v) is 12.1. The van der Waals surface area contributed by atoms with Crippen LogP contribution in [-0.2, 0) is 6.54 Å². The maximum atomic E-state index is 12.0. The number of H-pyrrole nitrogens is 1. The van der Waals surface area contributed by atoms with Gasteiger partial charge in [-0.1, -0.05) is 0 Å². The van der Waals surface area contributed by atoms with Gasteiger partial charge in [-0.3, -0.25) is 29.3 Å². The fraction of sp³-hybridized carbons (Fsp3) is 0.100. The first-order chi connectivity index (χ1) is 9.40. The zero-order valence-electron chi connectivity index (χ0n) is 9.66. The van der Waals surface area contributed by atoms with Crippen LogP contribution < -0.4 is 11.2 Å². The molecule has 10 heteroatoms. The van der Waals surface area contributed by atoms with Gasteiger partial charge in [-0.2, -0.15) is 0 Å². The summed E-state index contributed by atoms with van der Waals surface area (Å²) in [7, 11) is 0. The van der Waals surface area contributed by atoms with Gasteiger partial charge >= 0.3 is 16.9 Å². The number of hydrogen-bond acceptors (Lipinski definition) is 6. The maximum Gasteiger partial charge on any atom is 0.350 e. The highest BCUT2D eigenvalue weighted by Crippen LogP contribution is 2.23. The first-order valence-corrected chi connectivity index (χ1v) is 6.81. The van der Waals surface area contributed by atoms with Crippen molar-refractivity contribution in [1.82, 2.24) is 9.55 Å². The Morgan fingerprint density at radius 2 is 2.20 bits per heavy atom. The summed E-state index contributed by atoms with van der Waals surface area (Å²) in [6.07, 6.45) is 0.764. The smallest absolute Gasteiger partial charge is 0.291 e. The third-order valence-electron chi connectivity index (χ3n) is 2.37. The monoisotopic (exact) mass is 359 g/mol. The van der Waals surface area contributed by atoms with Crippen molar-refractivity contribution >= 4 is 38.7 Å². The summed E-state index contributed by atoms with van der Waals surface area (Å²) in [5.74, 6) is -0.393. The highest BCUT2D eigenvalue weighted by Gasteiger charge is 2.18. The molecule has 0 aromatic carbocycles. The zero-order chi connectivity index (χ0) is 14.9. The summed E-state index contributed by atoms with van der Waals surface area (Å²) < 4.78 is 1.38. The molecule has 0 spiro atoms. The Hall–Kier alpha value is -2.07. The number of aromatic amines is 1. The number of ketones is 1. The average molecular weight is 360 g/mol. The number of carbonyl (C=O) groups is 1. The van der Waals surface area contributed by atoms with Crippen LogP contribution >= 0.6 is 27.3 Å². The summed E-state index contributed by atoms with van der Waals surface area (Å²) in [6, 6.07) is 1.68. The van der Waals surface area contributed by atoms with Crippen molar-refractivity contribution < 1.29 is 9.72 Å². The van der Waals surface area contributed by atoms with Crippen molar-refractivity contribution in [2.24, 2.45) is 0 Å². The lowest BCUT2D eigenvalue weighted by Crippen LogP contribution is -2.32. The van der Waals surface area contributed by atoms with Gasteiger partial charge in [-0.05, 0) is 27.4 Å². The Bertz CT molecular complexity index is 806. The molecule has 0 saturated carbocycles. The normalized spacial score (nSPS) is 10.4. The van der Waals surface area contributed by atoms with Crippen molar-refractivity contribution in [3.05, 3.63) is 57.9 Å². The van der Waals surface area contributed by atoms with Crippen LogP contribution in [0.1, 0.15) is 9.67 Å². The van der Waals surface area contributed by atoms with Crippen LogP contribution in [0.2, 0.25) is 0 Å². The number of nitrogens with zero attached hydrogens (tertiary/aromatic N) is 2. The third kappa shape index (κ3) is 2.75.